The third-order valence-corrected chi connectivity index (χ3v) is 2.95. The molecule has 5 heteroatoms. The Labute approximate surface area is 114 Å². The summed E-state index contributed by atoms with van der Waals surface area (Å²) < 4.78 is 6.12. The lowest BCUT2D eigenvalue weighted by molar-refractivity contribution is -0.117. The van der Waals surface area contributed by atoms with Crippen LogP contribution in [0.4, 0.5) is 0 Å². The van der Waals surface area contributed by atoms with E-state index in [4.69, 9.17) is 4.52 Å². The van der Waals surface area contributed by atoms with Gasteiger partial charge in [-0.05, 0) is 24.6 Å². The molecule has 0 spiro atoms. The van der Waals surface area contributed by atoms with Gasteiger partial charge >= 0.3 is 0 Å². The summed E-state index contributed by atoms with van der Waals surface area (Å²) >= 11 is 3.42. The second kappa shape index (κ2) is 5.91. The zero-order chi connectivity index (χ0) is 13.0. The highest BCUT2D eigenvalue weighted by atomic mass is 79.9. The van der Waals surface area contributed by atoms with Crippen LogP contribution in [-0.2, 0) is 17.6 Å². The monoisotopic (exact) mass is 308 g/mol. The fourth-order valence-corrected chi connectivity index (χ4v) is 2.02. The first-order chi connectivity index (χ1) is 8.63. The fourth-order valence-electron chi connectivity index (χ4n) is 1.58. The minimum Gasteiger partial charge on any atom is -0.339 e. The number of hydrogen-bond acceptors (Lipinski definition) is 4. The first kappa shape index (κ1) is 13.0. The highest BCUT2D eigenvalue weighted by Gasteiger charge is 2.08. The van der Waals surface area contributed by atoms with E-state index in [0.29, 0.717) is 31.0 Å². The molecule has 0 aliphatic heterocycles. The summed E-state index contributed by atoms with van der Waals surface area (Å²) in [6, 6.07) is 7.97. The summed E-state index contributed by atoms with van der Waals surface area (Å²) in [5.41, 5.74) is 1.11. The minimum absolute atomic E-state index is 0.127. The normalized spacial score (nSPS) is 10.6. The number of nitrogens with zero attached hydrogens (tertiary/aromatic N) is 2. The maximum atomic E-state index is 10.9. The van der Waals surface area contributed by atoms with Crippen molar-refractivity contribution in [1.82, 2.24) is 10.1 Å². The molecule has 4 nitrogen and oxygen atoms in total. The van der Waals surface area contributed by atoms with Crippen LogP contribution in [0.25, 0.3) is 0 Å². The van der Waals surface area contributed by atoms with E-state index in [2.05, 4.69) is 26.1 Å². The molecule has 2 rings (SSSR count). The number of aryl methyl sites for hydroxylation is 1. The molecule has 18 heavy (non-hydrogen) atoms. The SMILES string of the molecule is CC(=O)CCc1nc(Cc2cccc(Br)c2)no1. The molecule has 2 aromatic rings. The van der Waals surface area contributed by atoms with E-state index in [-0.39, 0.29) is 5.78 Å². The van der Waals surface area contributed by atoms with Gasteiger partial charge < -0.3 is 9.32 Å². The standard InChI is InChI=1S/C13H13BrN2O2/c1-9(17)5-6-13-15-12(16-18-13)8-10-3-2-4-11(14)7-10/h2-4,7H,5-6,8H2,1H3. The van der Waals surface area contributed by atoms with E-state index >= 15 is 0 Å². The van der Waals surface area contributed by atoms with Gasteiger partial charge in [0.1, 0.15) is 5.78 Å². The zero-order valence-corrected chi connectivity index (χ0v) is 11.6. The number of aromatic nitrogens is 2. The van der Waals surface area contributed by atoms with Crippen LogP contribution < -0.4 is 0 Å². The van der Waals surface area contributed by atoms with Crippen molar-refractivity contribution in [2.45, 2.75) is 26.2 Å². The van der Waals surface area contributed by atoms with E-state index < -0.39 is 0 Å². The maximum Gasteiger partial charge on any atom is 0.227 e. The third kappa shape index (κ3) is 3.77. The molecule has 0 unspecified atom stereocenters. The third-order valence-electron chi connectivity index (χ3n) is 2.45. The van der Waals surface area contributed by atoms with E-state index in [9.17, 15) is 4.79 Å². The van der Waals surface area contributed by atoms with Gasteiger partial charge in [-0.1, -0.05) is 33.2 Å². The number of halogens is 1. The van der Waals surface area contributed by atoms with Crippen molar-refractivity contribution in [2.75, 3.05) is 0 Å². The molecule has 0 atom stereocenters. The van der Waals surface area contributed by atoms with Crippen LogP contribution in [0.5, 0.6) is 0 Å². The number of rotatable bonds is 5. The molecule has 1 heterocycles. The molecule has 0 fully saturated rings. The molecular formula is C13H13BrN2O2. The topological polar surface area (TPSA) is 56.0 Å². The van der Waals surface area contributed by atoms with Gasteiger partial charge in [-0.3, -0.25) is 0 Å². The lowest BCUT2D eigenvalue weighted by Gasteiger charge is -1.96. The van der Waals surface area contributed by atoms with Gasteiger partial charge in [0.2, 0.25) is 5.89 Å². The average molecular weight is 309 g/mol. The summed E-state index contributed by atoms with van der Waals surface area (Å²) in [5.74, 6) is 1.29. The highest BCUT2D eigenvalue weighted by Crippen LogP contribution is 2.14. The molecule has 94 valence electrons. The summed E-state index contributed by atoms with van der Waals surface area (Å²) in [6.07, 6.45) is 1.59. The maximum absolute atomic E-state index is 10.9. The summed E-state index contributed by atoms with van der Waals surface area (Å²) in [4.78, 5) is 15.1. The minimum atomic E-state index is 0.127. The van der Waals surface area contributed by atoms with Crippen molar-refractivity contribution >= 4 is 21.7 Å². The first-order valence-corrected chi connectivity index (χ1v) is 6.48. The van der Waals surface area contributed by atoms with Gasteiger partial charge in [0.15, 0.2) is 5.82 Å². The Kier molecular flexibility index (Phi) is 4.25. The molecule has 0 saturated heterocycles. The molecular weight excluding hydrogens is 296 g/mol. The van der Waals surface area contributed by atoms with Crippen molar-refractivity contribution in [3.8, 4) is 0 Å². The van der Waals surface area contributed by atoms with Crippen molar-refractivity contribution in [3.05, 3.63) is 46.0 Å². The smallest absolute Gasteiger partial charge is 0.227 e. The Morgan fingerprint density at radius 2 is 2.28 bits per heavy atom. The molecule has 0 N–H and O–H groups in total. The highest BCUT2D eigenvalue weighted by molar-refractivity contribution is 9.10. The van der Waals surface area contributed by atoms with Crippen molar-refractivity contribution in [2.24, 2.45) is 0 Å². The van der Waals surface area contributed by atoms with Gasteiger partial charge in [0.25, 0.3) is 0 Å². The van der Waals surface area contributed by atoms with E-state index in [0.717, 1.165) is 10.0 Å². The Balaban J connectivity index is 2.00. The van der Waals surface area contributed by atoms with Crippen LogP contribution in [0.2, 0.25) is 0 Å². The van der Waals surface area contributed by atoms with Crippen LogP contribution in [-0.4, -0.2) is 15.9 Å². The number of ketones is 1. The Hall–Kier alpha value is -1.49. The molecule has 1 aromatic heterocycles. The lowest BCUT2D eigenvalue weighted by Crippen LogP contribution is -1.95. The van der Waals surface area contributed by atoms with Crippen LogP contribution in [0.15, 0.2) is 33.3 Å². The lowest BCUT2D eigenvalue weighted by atomic mass is 10.1. The Bertz CT molecular complexity index is 551. The van der Waals surface area contributed by atoms with Crippen LogP contribution in [0.3, 0.4) is 0 Å². The predicted octanol–water partition coefficient (Wildman–Crippen LogP) is 2.94. The summed E-state index contributed by atoms with van der Waals surface area (Å²) in [7, 11) is 0. The molecule has 0 radical (unpaired) electrons. The van der Waals surface area contributed by atoms with E-state index in [1.807, 2.05) is 24.3 Å². The van der Waals surface area contributed by atoms with Crippen LogP contribution >= 0.6 is 15.9 Å². The predicted molar refractivity (Wildman–Crippen MR) is 70.2 cm³/mol. The quantitative estimate of drug-likeness (QED) is 0.852. The van der Waals surface area contributed by atoms with E-state index in [1.54, 1.807) is 6.92 Å². The Morgan fingerprint density at radius 1 is 1.44 bits per heavy atom. The van der Waals surface area contributed by atoms with Gasteiger partial charge in [0.05, 0.1) is 0 Å². The largest absolute Gasteiger partial charge is 0.339 e. The van der Waals surface area contributed by atoms with Gasteiger partial charge in [-0.2, -0.15) is 4.98 Å². The number of benzene rings is 1. The Morgan fingerprint density at radius 3 is 3.00 bits per heavy atom. The number of carbonyl (C=O) groups excluding carboxylic acids is 1. The molecule has 0 bridgehead atoms. The molecule has 0 amide bonds. The second-order valence-corrected chi connectivity index (χ2v) is 5.03. The van der Waals surface area contributed by atoms with Crippen molar-refractivity contribution < 1.29 is 9.32 Å². The number of carbonyl (C=O) groups is 1. The van der Waals surface area contributed by atoms with E-state index in [1.165, 1.54) is 0 Å². The summed E-state index contributed by atoms with van der Waals surface area (Å²) in [6.45, 7) is 1.55. The van der Waals surface area contributed by atoms with Crippen LogP contribution in [0, 0.1) is 0 Å². The second-order valence-electron chi connectivity index (χ2n) is 4.11. The first-order valence-electron chi connectivity index (χ1n) is 5.69. The number of Topliss-reactive ketones (excluding diaryl/α,β-unsaturated/α-hetero) is 1. The molecule has 1 aromatic carbocycles. The van der Waals surface area contributed by atoms with Gasteiger partial charge in [-0.25, -0.2) is 0 Å². The average Bonchev–Trinajstić information content (AvgIpc) is 2.74. The molecule has 0 aliphatic carbocycles. The summed E-state index contributed by atoms with van der Waals surface area (Å²) in [5, 5.41) is 3.91. The van der Waals surface area contributed by atoms with Gasteiger partial charge in [0, 0.05) is 23.7 Å². The number of hydrogen-bond donors (Lipinski definition) is 0. The zero-order valence-electron chi connectivity index (χ0n) is 10.0. The van der Waals surface area contributed by atoms with Gasteiger partial charge in [-0.15, -0.1) is 0 Å². The van der Waals surface area contributed by atoms with Crippen molar-refractivity contribution in [3.63, 3.8) is 0 Å². The van der Waals surface area contributed by atoms with Crippen molar-refractivity contribution in [1.29, 1.82) is 0 Å². The molecule has 0 saturated carbocycles. The molecule has 0 aliphatic rings. The fraction of sp³-hybridized carbons (Fsp3) is 0.308. The van der Waals surface area contributed by atoms with Crippen LogP contribution in [0.1, 0.15) is 30.6 Å².